The Bertz CT molecular complexity index is 1200. The van der Waals surface area contributed by atoms with E-state index in [2.05, 4.69) is 54.2 Å². The molecule has 5 atom stereocenters. The number of aromatic amines is 1. The Morgan fingerprint density at radius 2 is 2.00 bits per heavy atom. The summed E-state index contributed by atoms with van der Waals surface area (Å²) in [6.45, 7) is 6.58. The molecule has 4 heteroatoms. The Balaban J connectivity index is 1.42. The second kappa shape index (κ2) is 6.91. The van der Waals surface area contributed by atoms with Gasteiger partial charge in [-0.05, 0) is 93.6 Å². The SMILES string of the molecule is CC1=C2C=C3CC(O)CCC3CC[C@]2(O)C2CC=C(c3ccc4nc(C)[nH]c4c3)C2(C)C1. The lowest BCUT2D eigenvalue weighted by Crippen LogP contribution is -2.49. The van der Waals surface area contributed by atoms with Crippen LogP contribution in [0.1, 0.15) is 70.2 Å². The maximum Gasteiger partial charge on any atom is 0.104 e. The number of hydrogen-bond acceptors (Lipinski definition) is 3. The third-order valence-electron chi connectivity index (χ3n) is 9.04. The predicted octanol–water partition coefficient (Wildman–Crippen LogP) is 5.61. The van der Waals surface area contributed by atoms with Crippen LogP contribution in [-0.4, -0.2) is 31.9 Å². The molecule has 4 unspecified atom stereocenters. The van der Waals surface area contributed by atoms with Gasteiger partial charge < -0.3 is 15.2 Å². The standard InChI is InChI=1S/C28H34N2O2/c1-16-15-27(3)22(19-5-8-24-25(14-19)30-17(2)29-24)7-9-26(27)28(32)11-10-18-4-6-21(31)12-20(18)13-23(16)28/h5,7-8,13-14,18,21,26,31-32H,4,6,9-12,15H2,1-3H3,(H,29,30)/t18?,21?,26?,27?,28-/m1/s1. The molecular formula is C28H34N2O2. The van der Waals surface area contributed by atoms with Gasteiger partial charge in [-0.25, -0.2) is 4.98 Å². The average molecular weight is 431 g/mol. The molecule has 6 rings (SSSR count). The van der Waals surface area contributed by atoms with Gasteiger partial charge in [-0.15, -0.1) is 0 Å². The number of fused-ring (bicyclic) bond motifs is 5. The van der Waals surface area contributed by atoms with E-state index < -0.39 is 5.60 Å². The minimum Gasteiger partial charge on any atom is -0.393 e. The van der Waals surface area contributed by atoms with Crippen LogP contribution < -0.4 is 0 Å². The number of hydrogen-bond donors (Lipinski definition) is 3. The van der Waals surface area contributed by atoms with Gasteiger partial charge >= 0.3 is 0 Å². The average Bonchev–Trinajstić information content (AvgIpc) is 3.24. The molecule has 1 fully saturated rings. The first-order chi connectivity index (χ1) is 15.3. The monoisotopic (exact) mass is 430 g/mol. The largest absolute Gasteiger partial charge is 0.393 e. The summed E-state index contributed by atoms with van der Waals surface area (Å²) >= 11 is 0. The molecule has 4 aliphatic carbocycles. The van der Waals surface area contributed by atoms with Crippen molar-refractivity contribution in [2.45, 2.75) is 77.4 Å². The van der Waals surface area contributed by atoms with Gasteiger partial charge in [-0.2, -0.15) is 0 Å². The zero-order valence-corrected chi connectivity index (χ0v) is 19.4. The number of rotatable bonds is 1. The molecule has 0 bridgehead atoms. The first-order valence-corrected chi connectivity index (χ1v) is 12.3. The highest BCUT2D eigenvalue weighted by molar-refractivity contribution is 5.83. The van der Waals surface area contributed by atoms with Crippen LogP contribution in [0.2, 0.25) is 0 Å². The lowest BCUT2D eigenvalue weighted by Gasteiger charge is -2.50. The van der Waals surface area contributed by atoms with Gasteiger partial charge in [0.1, 0.15) is 5.82 Å². The van der Waals surface area contributed by atoms with E-state index in [1.54, 1.807) is 0 Å². The topological polar surface area (TPSA) is 69.1 Å². The molecule has 4 nitrogen and oxygen atoms in total. The Labute approximate surface area is 190 Å². The van der Waals surface area contributed by atoms with Crippen LogP contribution in [0.5, 0.6) is 0 Å². The highest BCUT2D eigenvalue weighted by Crippen LogP contribution is 2.62. The number of aliphatic hydroxyl groups excluding tert-OH is 1. The van der Waals surface area contributed by atoms with E-state index >= 15 is 0 Å². The maximum atomic E-state index is 12.3. The number of aromatic nitrogens is 2. The van der Waals surface area contributed by atoms with Crippen LogP contribution in [0.25, 0.3) is 16.6 Å². The summed E-state index contributed by atoms with van der Waals surface area (Å²) in [6, 6.07) is 6.55. The van der Waals surface area contributed by atoms with Crippen LogP contribution >= 0.6 is 0 Å². The molecule has 1 aromatic heterocycles. The molecule has 3 N–H and O–H groups in total. The van der Waals surface area contributed by atoms with Crippen LogP contribution in [0.3, 0.4) is 0 Å². The first kappa shape index (κ1) is 20.4. The van der Waals surface area contributed by atoms with Gasteiger partial charge in [0.15, 0.2) is 0 Å². The third kappa shape index (κ3) is 2.85. The fourth-order valence-corrected chi connectivity index (χ4v) is 7.58. The molecule has 4 aliphatic rings. The van der Waals surface area contributed by atoms with Gasteiger partial charge in [0.25, 0.3) is 0 Å². The number of H-pyrrole nitrogens is 1. The summed E-state index contributed by atoms with van der Waals surface area (Å²) in [4.78, 5) is 7.94. The van der Waals surface area contributed by atoms with E-state index in [9.17, 15) is 10.2 Å². The molecule has 2 aromatic rings. The predicted molar refractivity (Wildman–Crippen MR) is 128 cm³/mol. The van der Waals surface area contributed by atoms with Crippen LogP contribution in [0, 0.1) is 24.2 Å². The summed E-state index contributed by atoms with van der Waals surface area (Å²) in [5.74, 6) is 1.64. The van der Waals surface area contributed by atoms with Crippen molar-refractivity contribution in [1.82, 2.24) is 9.97 Å². The van der Waals surface area contributed by atoms with Crippen molar-refractivity contribution in [1.29, 1.82) is 0 Å². The molecule has 168 valence electrons. The van der Waals surface area contributed by atoms with Crippen molar-refractivity contribution < 1.29 is 10.2 Å². The lowest BCUT2D eigenvalue weighted by atomic mass is 9.56. The minimum absolute atomic E-state index is 0.0847. The van der Waals surface area contributed by atoms with E-state index in [1.165, 1.54) is 22.3 Å². The highest BCUT2D eigenvalue weighted by Gasteiger charge is 2.57. The molecule has 0 spiro atoms. The molecular weight excluding hydrogens is 396 g/mol. The fraction of sp³-hybridized carbons (Fsp3) is 0.536. The van der Waals surface area contributed by atoms with Gasteiger partial charge in [0.05, 0.1) is 22.7 Å². The molecule has 0 radical (unpaired) electrons. The summed E-state index contributed by atoms with van der Waals surface area (Å²) in [7, 11) is 0. The summed E-state index contributed by atoms with van der Waals surface area (Å²) in [5, 5.41) is 22.6. The fourth-order valence-electron chi connectivity index (χ4n) is 7.58. The highest BCUT2D eigenvalue weighted by atomic mass is 16.3. The summed E-state index contributed by atoms with van der Waals surface area (Å²) in [6.07, 6.45) is 10.9. The molecule has 1 heterocycles. The Hall–Kier alpha value is -2.17. The smallest absolute Gasteiger partial charge is 0.104 e. The lowest BCUT2D eigenvalue weighted by molar-refractivity contribution is -0.0354. The summed E-state index contributed by atoms with van der Waals surface area (Å²) < 4.78 is 0. The number of aliphatic hydroxyl groups is 2. The van der Waals surface area contributed by atoms with E-state index in [4.69, 9.17) is 0 Å². The maximum absolute atomic E-state index is 12.3. The van der Waals surface area contributed by atoms with E-state index in [0.717, 1.165) is 67.4 Å². The van der Waals surface area contributed by atoms with E-state index in [-0.39, 0.29) is 17.4 Å². The Kier molecular flexibility index (Phi) is 4.42. The normalized spacial score (nSPS) is 36.8. The number of nitrogens with zero attached hydrogens (tertiary/aromatic N) is 1. The zero-order chi connectivity index (χ0) is 22.3. The van der Waals surface area contributed by atoms with Crippen LogP contribution in [0.4, 0.5) is 0 Å². The third-order valence-corrected chi connectivity index (χ3v) is 9.04. The number of benzene rings is 1. The minimum atomic E-state index is -0.792. The molecule has 0 amide bonds. The number of imidazole rings is 1. The summed E-state index contributed by atoms with van der Waals surface area (Å²) in [5.41, 5.74) is 7.65. The van der Waals surface area contributed by atoms with Crippen molar-refractivity contribution in [3.05, 3.63) is 58.5 Å². The molecule has 0 aliphatic heterocycles. The van der Waals surface area contributed by atoms with Crippen molar-refractivity contribution in [2.75, 3.05) is 0 Å². The molecule has 32 heavy (non-hydrogen) atoms. The quantitative estimate of drug-likeness (QED) is 0.550. The second-order valence-electron chi connectivity index (χ2n) is 11.1. The van der Waals surface area contributed by atoms with Gasteiger partial charge in [-0.3, -0.25) is 0 Å². The number of aryl methyl sites for hydroxylation is 1. The first-order valence-electron chi connectivity index (χ1n) is 12.3. The molecule has 1 aromatic carbocycles. The van der Waals surface area contributed by atoms with Crippen LogP contribution in [0.15, 0.2) is 47.1 Å². The molecule has 1 saturated carbocycles. The van der Waals surface area contributed by atoms with Crippen LogP contribution in [-0.2, 0) is 0 Å². The molecule has 0 saturated heterocycles. The van der Waals surface area contributed by atoms with Crippen molar-refractivity contribution >= 4 is 16.6 Å². The Morgan fingerprint density at radius 3 is 2.84 bits per heavy atom. The van der Waals surface area contributed by atoms with E-state index in [0.29, 0.717) is 5.92 Å². The van der Waals surface area contributed by atoms with Crippen molar-refractivity contribution in [2.24, 2.45) is 17.3 Å². The van der Waals surface area contributed by atoms with Gasteiger partial charge in [-0.1, -0.05) is 36.3 Å². The van der Waals surface area contributed by atoms with E-state index in [1.807, 2.05) is 6.92 Å². The van der Waals surface area contributed by atoms with Gasteiger partial charge in [0.2, 0.25) is 0 Å². The number of nitrogens with one attached hydrogen (secondary N) is 1. The zero-order valence-electron chi connectivity index (χ0n) is 19.4. The van der Waals surface area contributed by atoms with Crippen molar-refractivity contribution in [3.63, 3.8) is 0 Å². The van der Waals surface area contributed by atoms with Crippen molar-refractivity contribution in [3.8, 4) is 0 Å². The number of allylic oxidation sites excluding steroid dienone is 3. The van der Waals surface area contributed by atoms with Gasteiger partial charge in [0, 0.05) is 11.3 Å². The Morgan fingerprint density at radius 1 is 1.16 bits per heavy atom. The second-order valence-corrected chi connectivity index (χ2v) is 11.1.